The average molecular weight is 426 g/mol. The monoisotopic (exact) mass is 426 g/mol. The molecule has 0 spiro atoms. The molecule has 0 radical (unpaired) electrons. The number of hydrogen-bond acceptors (Lipinski definition) is 4. The third-order valence-corrected chi connectivity index (χ3v) is 4.86. The molecule has 8 heteroatoms. The summed E-state index contributed by atoms with van der Waals surface area (Å²) >= 11 is 0. The van der Waals surface area contributed by atoms with Crippen molar-refractivity contribution in [2.75, 3.05) is 5.32 Å². The maximum Gasteiger partial charge on any atom is 0.416 e. The van der Waals surface area contributed by atoms with Crippen LogP contribution in [0.15, 0.2) is 77.0 Å². The van der Waals surface area contributed by atoms with Crippen LogP contribution in [0.3, 0.4) is 0 Å². The van der Waals surface area contributed by atoms with Gasteiger partial charge in [-0.2, -0.15) is 13.2 Å². The van der Waals surface area contributed by atoms with Crippen LogP contribution in [0, 0.1) is 6.92 Å². The Labute approximate surface area is 175 Å². The second-order valence-corrected chi connectivity index (χ2v) is 7.10. The Morgan fingerprint density at radius 3 is 2.35 bits per heavy atom. The topological polar surface area (TPSA) is 62.6 Å². The molecule has 0 saturated heterocycles. The molecule has 2 aromatic carbocycles. The van der Waals surface area contributed by atoms with Crippen LogP contribution in [0.2, 0.25) is 0 Å². The highest BCUT2D eigenvalue weighted by atomic mass is 19.4. The number of rotatable bonds is 5. The number of hydrogen-bond donors (Lipinski definition) is 1. The van der Waals surface area contributed by atoms with E-state index in [-0.39, 0.29) is 23.5 Å². The van der Waals surface area contributed by atoms with Gasteiger partial charge in [0.05, 0.1) is 23.9 Å². The van der Waals surface area contributed by atoms with E-state index in [1.807, 2.05) is 6.92 Å². The fourth-order valence-corrected chi connectivity index (χ4v) is 3.30. The molecule has 3 aromatic rings. The molecule has 0 fully saturated rings. The highest BCUT2D eigenvalue weighted by Crippen LogP contribution is 2.34. The van der Waals surface area contributed by atoms with Gasteiger partial charge in [0.2, 0.25) is 0 Å². The number of nitrogens with one attached hydrogen (secondary N) is 1. The zero-order valence-corrected chi connectivity index (χ0v) is 16.4. The molecule has 31 heavy (non-hydrogen) atoms. The fourth-order valence-electron chi connectivity index (χ4n) is 3.30. The lowest BCUT2D eigenvalue weighted by Gasteiger charge is -2.14. The quantitative estimate of drug-likeness (QED) is 0.584. The first-order chi connectivity index (χ1) is 14.7. The van der Waals surface area contributed by atoms with Crippen molar-refractivity contribution in [3.63, 3.8) is 0 Å². The van der Waals surface area contributed by atoms with Crippen molar-refractivity contribution in [2.24, 2.45) is 0 Å². The number of imide groups is 1. The molecule has 1 aromatic heterocycles. The molecule has 0 atom stereocenters. The number of benzene rings is 2. The minimum atomic E-state index is -4.54. The van der Waals surface area contributed by atoms with Crippen LogP contribution in [-0.2, 0) is 22.3 Å². The van der Waals surface area contributed by atoms with Crippen LogP contribution in [-0.4, -0.2) is 16.7 Å². The van der Waals surface area contributed by atoms with E-state index in [0.717, 1.165) is 22.6 Å². The Morgan fingerprint density at radius 1 is 0.968 bits per heavy atom. The van der Waals surface area contributed by atoms with E-state index in [9.17, 15) is 22.8 Å². The van der Waals surface area contributed by atoms with Gasteiger partial charge in [-0.25, -0.2) is 0 Å². The minimum Gasteiger partial charge on any atom is -0.467 e. The minimum absolute atomic E-state index is 0.0513. The first-order valence-electron chi connectivity index (χ1n) is 9.38. The van der Waals surface area contributed by atoms with Gasteiger partial charge in [0, 0.05) is 5.69 Å². The zero-order chi connectivity index (χ0) is 22.2. The first kappa shape index (κ1) is 20.5. The molecule has 1 aliphatic rings. The molecule has 5 nitrogen and oxygen atoms in total. The molecule has 0 unspecified atom stereocenters. The van der Waals surface area contributed by atoms with Crippen molar-refractivity contribution < 1.29 is 27.2 Å². The summed E-state index contributed by atoms with van der Waals surface area (Å²) in [7, 11) is 0. The lowest BCUT2D eigenvalue weighted by atomic mass is 10.0. The van der Waals surface area contributed by atoms with Gasteiger partial charge in [0.25, 0.3) is 11.8 Å². The number of halogens is 3. The van der Waals surface area contributed by atoms with Crippen LogP contribution in [0.5, 0.6) is 0 Å². The van der Waals surface area contributed by atoms with Crippen molar-refractivity contribution in [3.05, 3.63) is 95.1 Å². The third kappa shape index (κ3) is 4.09. The van der Waals surface area contributed by atoms with Crippen LogP contribution in [0.4, 0.5) is 18.9 Å². The number of anilines is 1. The Kier molecular flexibility index (Phi) is 5.14. The average Bonchev–Trinajstić information content (AvgIpc) is 3.32. The van der Waals surface area contributed by atoms with Gasteiger partial charge >= 0.3 is 6.18 Å². The zero-order valence-electron chi connectivity index (χ0n) is 16.4. The van der Waals surface area contributed by atoms with E-state index < -0.39 is 23.6 Å². The smallest absolute Gasteiger partial charge is 0.416 e. The second kappa shape index (κ2) is 7.79. The highest BCUT2D eigenvalue weighted by molar-refractivity contribution is 6.36. The van der Waals surface area contributed by atoms with Gasteiger partial charge in [-0.3, -0.25) is 14.5 Å². The molecule has 0 bridgehead atoms. The van der Waals surface area contributed by atoms with Crippen molar-refractivity contribution in [1.82, 2.24) is 4.90 Å². The summed E-state index contributed by atoms with van der Waals surface area (Å²) in [6.45, 7) is 1.79. The maximum atomic E-state index is 13.1. The predicted octanol–water partition coefficient (Wildman–Crippen LogP) is 5.00. The largest absolute Gasteiger partial charge is 0.467 e. The molecule has 0 saturated carbocycles. The summed E-state index contributed by atoms with van der Waals surface area (Å²) in [5.74, 6) is -0.792. The molecule has 4 rings (SSSR count). The van der Waals surface area contributed by atoms with E-state index >= 15 is 0 Å². The Balaban J connectivity index is 1.75. The summed E-state index contributed by atoms with van der Waals surface area (Å²) in [5, 5.41) is 2.74. The Bertz CT molecular complexity index is 1160. The van der Waals surface area contributed by atoms with Gasteiger partial charge in [-0.1, -0.05) is 35.9 Å². The summed E-state index contributed by atoms with van der Waals surface area (Å²) in [4.78, 5) is 27.2. The van der Waals surface area contributed by atoms with E-state index in [0.29, 0.717) is 11.3 Å². The van der Waals surface area contributed by atoms with Crippen LogP contribution < -0.4 is 5.32 Å². The van der Waals surface area contributed by atoms with E-state index in [1.54, 1.807) is 36.4 Å². The highest BCUT2D eigenvalue weighted by Gasteiger charge is 2.40. The van der Waals surface area contributed by atoms with E-state index in [1.165, 1.54) is 18.4 Å². The lowest BCUT2D eigenvalue weighted by molar-refractivity contribution is -0.138. The van der Waals surface area contributed by atoms with Gasteiger partial charge in [-0.15, -0.1) is 0 Å². The SMILES string of the molecule is Cc1ccc(C2=C(Nc3cccc(C(F)(F)F)c3)C(=O)N(Cc3ccco3)C2=O)cc1. The molecular weight excluding hydrogens is 409 g/mol. The van der Waals surface area contributed by atoms with Gasteiger partial charge in [-0.05, 0) is 42.8 Å². The first-order valence-corrected chi connectivity index (χ1v) is 9.38. The van der Waals surface area contributed by atoms with Crippen molar-refractivity contribution >= 4 is 23.1 Å². The van der Waals surface area contributed by atoms with Crippen LogP contribution >= 0.6 is 0 Å². The molecule has 0 aliphatic carbocycles. The fraction of sp³-hybridized carbons (Fsp3) is 0.130. The maximum absolute atomic E-state index is 13.1. The Hall–Kier alpha value is -3.81. The molecule has 158 valence electrons. The van der Waals surface area contributed by atoms with E-state index in [2.05, 4.69) is 5.32 Å². The molecule has 1 aliphatic heterocycles. The summed E-state index contributed by atoms with van der Waals surface area (Å²) in [5.41, 5.74) is 0.643. The molecule has 2 heterocycles. The number of amides is 2. The summed E-state index contributed by atoms with van der Waals surface area (Å²) in [6.07, 6.45) is -3.11. The number of carbonyl (C=O) groups excluding carboxylic acids is 2. The summed E-state index contributed by atoms with van der Waals surface area (Å²) < 4.78 is 44.5. The van der Waals surface area contributed by atoms with Crippen molar-refractivity contribution in [2.45, 2.75) is 19.6 Å². The van der Waals surface area contributed by atoms with Gasteiger partial charge in [0.1, 0.15) is 11.5 Å². The molecular formula is C23H17F3N2O3. The van der Waals surface area contributed by atoms with Crippen LogP contribution in [0.1, 0.15) is 22.5 Å². The number of aryl methyl sites for hydroxylation is 1. The van der Waals surface area contributed by atoms with Crippen molar-refractivity contribution in [1.29, 1.82) is 0 Å². The normalized spacial score (nSPS) is 14.5. The Morgan fingerprint density at radius 2 is 1.71 bits per heavy atom. The molecule has 1 N–H and O–H groups in total. The lowest BCUT2D eigenvalue weighted by Crippen LogP contribution is -2.31. The summed E-state index contributed by atoms with van der Waals surface area (Å²) in [6, 6.07) is 14.7. The predicted molar refractivity (Wildman–Crippen MR) is 107 cm³/mol. The van der Waals surface area contributed by atoms with Crippen LogP contribution in [0.25, 0.3) is 5.57 Å². The standard InChI is InChI=1S/C23H17F3N2O3/c1-14-7-9-15(10-8-14)19-20(27-17-5-2-4-16(12-17)23(24,25)26)22(30)28(21(19)29)13-18-6-3-11-31-18/h2-12,27H,13H2,1H3. The number of alkyl halides is 3. The third-order valence-electron chi connectivity index (χ3n) is 4.86. The number of carbonyl (C=O) groups is 2. The molecule has 2 amide bonds. The van der Waals surface area contributed by atoms with Gasteiger partial charge < -0.3 is 9.73 Å². The number of nitrogens with zero attached hydrogens (tertiary/aromatic N) is 1. The number of furan rings is 1. The second-order valence-electron chi connectivity index (χ2n) is 7.10. The van der Waals surface area contributed by atoms with Crippen molar-refractivity contribution in [3.8, 4) is 0 Å². The van der Waals surface area contributed by atoms with Gasteiger partial charge in [0.15, 0.2) is 0 Å². The van der Waals surface area contributed by atoms with E-state index in [4.69, 9.17) is 4.42 Å².